The van der Waals surface area contributed by atoms with Crippen LogP contribution in [0.3, 0.4) is 0 Å². The van der Waals surface area contributed by atoms with Crippen molar-refractivity contribution >= 4 is 17.7 Å². The number of carbonyl (C=O) groups excluding carboxylic acids is 1. The molecule has 0 saturated heterocycles. The first-order valence-electron chi connectivity index (χ1n) is 6.98. The fourth-order valence-corrected chi connectivity index (χ4v) is 4.31. The molecule has 0 radical (unpaired) electrons. The van der Waals surface area contributed by atoms with E-state index in [2.05, 4.69) is 5.32 Å². The molecule has 3 nitrogen and oxygen atoms in total. The van der Waals surface area contributed by atoms with Gasteiger partial charge in [0.2, 0.25) is 5.91 Å². The Morgan fingerprint density at radius 1 is 1.44 bits per heavy atom. The van der Waals surface area contributed by atoms with Gasteiger partial charge in [0.1, 0.15) is 0 Å². The lowest BCUT2D eigenvalue weighted by Gasteiger charge is -2.24. The first-order chi connectivity index (χ1) is 8.50. The van der Waals surface area contributed by atoms with Crippen LogP contribution in [0.25, 0.3) is 0 Å². The van der Waals surface area contributed by atoms with Crippen LogP contribution >= 0.6 is 11.8 Å². The molecule has 0 spiro atoms. The van der Waals surface area contributed by atoms with E-state index < -0.39 is 5.60 Å². The largest absolute Gasteiger partial charge is 0.387 e. The van der Waals surface area contributed by atoms with Crippen LogP contribution in [0.4, 0.5) is 0 Å². The van der Waals surface area contributed by atoms with Crippen LogP contribution in [-0.4, -0.2) is 35.2 Å². The third kappa shape index (κ3) is 3.64. The molecule has 1 amide bonds. The van der Waals surface area contributed by atoms with Crippen molar-refractivity contribution in [2.24, 2.45) is 17.8 Å². The van der Waals surface area contributed by atoms with E-state index in [0.717, 1.165) is 11.8 Å². The number of aliphatic hydroxyl groups is 1. The van der Waals surface area contributed by atoms with Gasteiger partial charge in [-0.25, -0.2) is 0 Å². The average molecular weight is 271 g/mol. The van der Waals surface area contributed by atoms with Crippen molar-refractivity contribution in [1.29, 1.82) is 0 Å². The Balaban J connectivity index is 1.69. The highest BCUT2D eigenvalue weighted by molar-refractivity contribution is 7.98. The minimum absolute atomic E-state index is 0.119. The number of hydrogen-bond donors (Lipinski definition) is 2. The van der Waals surface area contributed by atoms with Crippen LogP contribution in [0.15, 0.2) is 0 Å². The van der Waals surface area contributed by atoms with E-state index in [0.29, 0.717) is 24.6 Å². The first kappa shape index (κ1) is 14.2. The van der Waals surface area contributed by atoms with E-state index >= 15 is 0 Å². The highest BCUT2D eigenvalue weighted by Gasteiger charge is 2.40. The normalized spacial score (nSPS) is 33.4. The summed E-state index contributed by atoms with van der Waals surface area (Å²) in [6.45, 7) is 2.15. The van der Waals surface area contributed by atoms with Gasteiger partial charge in [-0.2, -0.15) is 11.8 Å². The van der Waals surface area contributed by atoms with Crippen molar-refractivity contribution in [3.63, 3.8) is 0 Å². The lowest BCUT2D eigenvalue weighted by Crippen LogP contribution is -2.43. The van der Waals surface area contributed by atoms with Gasteiger partial charge in [0.25, 0.3) is 0 Å². The van der Waals surface area contributed by atoms with Gasteiger partial charge in [-0.05, 0) is 50.2 Å². The summed E-state index contributed by atoms with van der Waals surface area (Å²) < 4.78 is 0. The smallest absolute Gasteiger partial charge is 0.220 e. The second-order valence-electron chi connectivity index (χ2n) is 6.35. The zero-order chi connectivity index (χ0) is 13.2. The fraction of sp³-hybridized carbons (Fsp3) is 0.929. The van der Waals surface area contributed by atoms with Crippen LogP contribution in [0, 0.1) is 17.8 Å². The fourth-order valence-electron chi connectivity index (χ4n) is 3.59. The Morgan fingerprint density at radius 2 is 2.22 bits per heavy atom. The van der Waals surface area contributed by atoms with Gasteiger partial charge in [-0.15, -0.1) is 0 Å². The van der Waals surface area contributed by atoms with Gasteiger partial charge in [0.05, 0.1) is 5.60 Å². The first-order valence-corrected chi connectivity index (χ1v) is 8.37. The zero-order valence-corrected chi connectivity index (χ0v) is 12.3. The molecule has 0 aromatic rings. The summed E-state index contributed by atoms with van der Waals surface area (Å²) in [6, 6.07) is 0. The molecule has 0 aliphatic heterocycles. The van der Waals surface area contributed by atoms with Crippen molar-refractivity contribution in [3.8, 4) is 0 Å². The minimum atomic E-state index is -0.788. The second-order valence-corrected chi connectivity index (χ2v) is 7.21. The van der Waals surface area contributed by atoms with Gasteiger partial charge in [0, 0.05) is 18.7 Å². The summed E-state index contributed by atoms with van der Waals surface area (Å²) in [7, 11) is 0. The number of amides is 1. The Kier molecular flexibility index (Phi) is 4.59. The van der Waals surface area contributed by atoms with Crippen LogP contribution in [0.5, 0.6) is 0 Å². The van der Waals surface area contributed by atoms with Crippen molar-refractivity contribution < 1.29 is 9.90 Å². The van der Waals surface area contributed by atoms with Gasteiger partial charge < -0.3 is 10.4 Å². The molecule has 104 valence electrons. The molecule has 2 aliphatic rings. The zero-order valence-electron chi connectivity index (χ0n) is 11.4. The predicted octanol–water partition coefficient (Wildman–Crippen LogP) is 2.04. The number of nitrogens with one attached hydrogen (secondary N) is 1. The molecular weight excluding hydrogens is 246 g/mol. The molecule has 2 bridgehead atoms. The lowest BCUT2D eigenvalue weighted by atomic mass is 9.86. The van der Waals surface area contributed by atoms with Crippen molar-refractivity contribution in [3.05, 3.63) is 0 Å². The molecule has 4 atom stereocenters. The van der Waals surface area contributed by atoms with Crippen molar-refractivity contribution in [2.45, 2.75) is 44.6 Å². The molecule has 2 N–H and O–H groups in total. The summed E-state index contributed by atoms with van der Waals surface area (Å²) in [5.74, 6) is 3.07. The Morgan fingerprint density at radius 3 is 2.78 bits per heavy atom. The van der Waals surface area contributed by atoms with Crippen molar-refractivity contribution in [2.75, 3.05) is 18.6 Å². The van der Waals surface area contributed by atoms with Crippen LogP contribution in [-0.2, 0) is 4.79 Å². The summed E-state index contributed by atoms with van der Waals surface area (Å²) in [4.78, 5) is 11.9. The number of carbonyl (C=O) groups is 1. The molecule has 4 heteroatoms. The standard InChI is InChI=1S/C14H25NO2S/c1-14(17,9-18-2)8-15-13(16)7-12-6-10-3-4-11(12)5-10/h10-12,17H,3-9H2,1-2H3,(H,15,16). The van der Waals surface area contributed by atoms with E-state index in [4.69, 9.17) is 0 Å². The minimum Gasteiger partial charge on any atom is -0.387 e. The number of rotatable bonds is 6. The van der Waals surface area contributed by atoms with Gasteiger partial charge in [0.15, 0.2) is 0 Å². The molecule has 0 aromatic heterocycles. The molecule has 0 aromatic carbocycles. The summed E-state index contributed by atoms with van der Waals surface area (Å²) in [5, 5.41) is 12.9. The van der Waals surface area contributed by atoms with Gasteiger partial charge in [-0.1, -0.05) is 6.42 Å². The molecular formula is C14H25NO2S. The molecule has 2 fully saturated rings. The van der Waals surface area contributed by atoms with Crippen LogP contribution < -0.4 is 5.32 Å². The number of fused-ring (bicyclic) bond motifs is 2. The molecule has 2 aliphatic carbocycles. The van der Waals surface area contributed by atoms with E-state index in [9.17, 15) is 9.90 Å². The van der Waals surface area contributed by atoms with Crippen LogP contribution in [0.2, 0.25) is 0 Å². The summed E-state index contributed by atoms with van der Waals surface area (Å²) >= 11 is 1.60. The Labute approximate surface area is 114 Å². The van der Waals surface area contributed by atoms with Crippen LogP contribution in [0.1, 0.15) is 39.0 Å². The highest BCUT2D eigenvalue weighted by atomic mass is 32.2. The maximum atomic E-state index is 11.9. The van der Waals surface area contributed by atoms with Gasteiger partial charge in [-0.3, -0.25) is 4.79 Å². The average Bonchev–Trinajstić information content (AvgIpc) is 2.88. The second kappa shape index (κ2) is 5.83. The summed E-state index contributed by atoms with van der Waals surface area (Å²) in [6.07, 6.45) is 7.93. The lowest BCUT2D eigenvalue weighted by molar-refractivity contribution is -0.123. The quantitative estimate of drug-likeness (QED) is 0.777. The highest BCUT2D eigenvalue weighted by Crippen LogP contribution is 2.49. The molecule has 2 rings (SSSR count). The van der Waals surface area contributed by atoms with E-state index in [1.165, 1.54) is 25.7 Å². The molecule has 18 heavy (non-hydrogen) atoms. The summed E-state index contributed by atoms with van der Waals surface area (Å²) in [5.41, 5.74) is -0.788. The van der Waals surface area contributed by atoms with E-state index in [-0.39, 0.29) is 5.91 Å². The Bertz CT molecular complexity index is 306. The molecule has 4 unspecified atom stereocenters. The third-order valence-corrected chi connectivity index (χ3v) is 5.36. The topological polar surface area (TPSA) is 49.3 Å². The van der Waals surface area contributed by atoms with E-state index in [1.807, 2.05) is 6.26 Å². The van der Waals surface area contributed by atoms with E-state index in [1.54, 1.807) is 18.7 Å². The SMILES string of the molecule is CSCC(C)(O)CNC(=O)CC1CC2CCC1C2. The maximum Gasteiger partial charge on any atom is 0.220 e. The third-order valence-electron chi connectivity index (χ3n) is 4.45. The number of thioether (sulfide) groups is 1. The van der Waals surface area contributed by atoms with Crippen molar-refractivity contribution in [1.82, 2.24) is 5.32 Å². The molecule has 0 heterocycles. The Hall–Kier alpha value is -0.220. The molecule has 2 saturated carbocycles. The maximum absolute atomic E-state index is 11.9. The monoisotopic (exact) mass is 271 g/mol. The van der Waals surface area contributed by atoms with Gasteiger partial charge >= 0.3 is 0 Å². The number of hydrogen-bond acceptors (Lipinski definition) is 3. The predicted molar refractivity (Wildman–Crippen MR) is 75.6 cm³/mol.